The van der Waals surface area contributed by atoms with Gasteiger partial charge in [-0.2, -0.15) is 3.71 Å². The van der Waals surface area contributed by atoms with Gasteiger partial charge in [-0.1, -0.05) is 30.3 Å². The molecule has 0 saturated carbocycles. The molecular weight excluding hydrogens is 292 g/mol. The van der Waals surface area contributed by atoms with E-state index in [-0.39, 0.29) is 0 Å². The Labute approximate surface area is 123 Å². The van der Waals surface area contributed by atoms with Gasteiger partial charge in [0.25, 0.3) is 3.54 Å². The van der Waals surface area contributed by atoms with Gasteiger partial charge >= 0.3 is 21.7 Å². The monoisotopic (exact) mass is 305 g/mol. The summed E-state index contributed by atoms with van der Waals surface area (Å²) in [7, 11) is 0. The lowest BCUT2D eigenvalue weighted by Crippen LogP contribution is -1.90. The maximum Gasteiger partial charge on any atom is 1.42 e. The van der Waals surface area contributed by atoms with E-state index in [1.54, 1.807) is 0 Å². The number of rotatable bonds is 1. The Balaban J connectivity index is 0.000000249. The molecule has 6 heteroatoms. The molecule has 1 aromatic heterocycles. The molecule has 1 aromatic carbocycles. The average molecular weight is 306 g/mol. The maximum atomic E-state index is 3.84. The minimum atomic E-state index is 0.528. The van der Waals surface area contributed by atoms with Crippen molar-refractivity contribution in [3.05, 3.63) is 30.3 Å². The first-order valence-electron chi connectivity index (χ1n) is 5.23. The van der Waals surface area contributed by atoms with Gasteiger partial charge in [0.15, 0.2) is 5.82 Å². The van der Waals surface area contributed by atoms with Crippen molar-refractivity contribution in [2.45, 2.75) is 24.3 Å². The summed E-state index contributed by atoms with van der Waals surface area (Å²) in [6, 6.07) is 9.73. The Morgan fingerprint density at radius 3 is 2.12 bits per heavy atom. The lowest BCUT2D eigenvalue weighted by Gasteiger charge is -1.94. The van der Waals surface area contributed by atoms with Gasteiger partial charge in [-0.3, -0.25) is 0 Å². The molecule has 0 aliphatic heterocycles. The molecule has 0 unspecified atom stereocenters. The fourth-order valence-corrected chi connectivity index (χ4v) is 1.27. The second kappa shape index (κ2) is 6.46. The summed E-state index contributed by atoms with van der Waals surface area (Å²) >= 11 is 5.20. The lowest BCUT2D eigenvalue weighted by atomic mass is 10.2. The fraction of sp³-hybridized carbons (Fsp3) is 0.364. The molecular formula is C11H14BrMgN4+2. The number of benzene rings is 1. The van der Waals surface area contributed by atoms with Crippen molar-refractivity contribution in [3.63, 3.8) is 0 Å². The summed E-state index contributed by atoms with van der Waals surface area (Å²) in [4.78, 5) is 0. The molecule has 0 spiro atoms. The topological polar surface area (TPSA) is 43.6 Å². The van der Waals surface area contributed by atoms with Crippen molar-refractivity contribution in [3.8, 4) is 11.4 Å². The minimum Gasteiger partial charge on any atom is -0.156 e. The summed E-state index contributed by atoms with van der Waals surface area (Å²) in [5.41, 5.74) is 0.986. The summed E-state index contributed by atoms with van der Waals surface area (Å²) in [6.07, 6.45) is 0. The van der Waals surface area contributed by atoms with Crippen LogP contribution in [0.4, 0.5) is 0 Å². The molecule has 1 heterocycles. The normalized spacial score (nSPS) is 10.6. The summed E-state index contributed by atoms with van der Waals surface area (Å²) < 4.78 is 1.99. The van der Waals surface area contributed by atoms with Crippen LogP contribution in [0, 0.1) is 0 Å². The second-order valence-corrected chi connectivity index (χ2v) is 7.58. The molecule has 0 atom stereocenters. The van der Waals surface area contributed by atoms with Crippen molar-refractivity contribution >= 4 is 37.9 Å². The van der Waals surface area contributed by atoms with Crippen molar-refractivity contribution in [2.24, 2.45) is 0 Å². The standard InChI is InChI=1S/C7H5BrN4.C4H9.Mg/c8-12-7(9-10-11-12)6-4-2-1-3-5-6;1-4(2)3;/h1-5H;1-3H3;/q;;+2. The van der Waals surface area contributed by atoms with E-state index in [9.17, 15) is 0 Å². The van der Waals surface area contributed by atoms with Gasteiger partial charge in [0.2, 0.25) is 0 Å². The van der Waals surface area contributed by atoms with E-state index in [0.29, 0.717) is 9.37 Å². The van der Waals surface area contributed by atoms with Crippen LogP contribution >= 0.6 is 16.1 Å². The number of hydrogen-bond acceptors (Lipinski definition) is 3. The SMILES string of the molecule is Brn1nnnc1-c1ccccc1.C[C](C)(C)[Mg+2]. The minimum absolute atomic E-state index is 0.528. The Bertz CT molecular complexity index is 444. The molecule has 0 amide bonds. The van der Waals surface area contributed by atoms with E-state index in [0.717, 1.165) is 5.56 Å². The Morgan fingerprint density at radius 1 is 1.18 bits per heavy atom. The average Bonchev–Trinajstić information content (AvgIpc) is 2.63. The molecule has 7 radical (unpaired) electrons. The molecule has 17 heavy (non-hydrogen) atoms. The highest BCUT2D eigenvalue weighted by Gasteiger charge is 2.46. The molecule has 2 aromatic rings. The Hall–Kier alpha value is -0.464. The predicted octanol–water partition coefficient (Wildman–Crippen LogP) is 2.87. The number of tetrazole rings is 1. The highest BCUT2D eigenvalue weighted by molar-refractivity contribution is 9.08. The first-order chi connectivity index (χ1) is 7.88. The summed E-state index contributed by atoms with van der Waals surface area (Å²) in [5, 5.41) is 11.0. The van der Waals surface area contributed by atoms with Crippen LogP contribution in [0.1, 0.15) is 20.8 Å². The highest BCUT2D eigenvalue weighted by atomic mass is 79.9. The molecule has 0 bridgehead atoms. The van der Waals surface area contributed by atoms with Gasteiger partial charge < -0.3 is 0 Å². The zero-order valence-electron chi connectivity index (χ0n) is 10.3. The van der Waals surface area contributed by atoms with Gasteiger partial charge in [-0.25, -0.2) is 0 Å². The van der Waals surface area contributed by atoms with Crippen LogP contribution < -0.4 is 0 Å². The largest absolute Gasteiger partial charge is 1.42 e. The number of aromatic nitrogens is 4. The molecule has 0 aliphatic rings. The number of halogens is 1. The van der Waals surface area contributed by atoms with E-state index < -0.39 is 0 Å². The van der Waals surface area contributed by atoms with Gasteiger partial charge in [0, 0.05) is 26.3 Å². The third-order valence-electron chi connectivity index (χ3n) is 1.46. The second-order valence-electron chi connectivity index (χ2n) is 4.79. The Kier molecular flexibility index (Phi) is 5.55. The zero-order valence-corrected chi connectivity index (χ0v) is 13.3. The molecule has 0 N–H and O–H groups in total. The van der Waals surface area contributed by atoms with Crippen LogP contribution in [0.5, 0.6) is 0 Å². The van der Waals surface area contributed by atoms with Crippen molar-refractivity contribution in [2.75, 3.05) is 0 Å². The predicted molar refractivity (Wildman–Crippen MR) is 73.0 cm³/mol. The molecule has 0 saturated heterocycles. The first-order valence-corrected chi connectivity index (χ1v) is 6.65. The van der Waals surface area contributed by atoms with E-state index in [4.69, 9.17) is 0 Å². The fourth-order valence-electron chi connectivity index (χ4n) is 0.928. The highest BCUT2D eigenvalue weighted by Crippen LogP contribution is 2.15. The van der Waals surface area contributed by atoms with Crippen LogP contribution in [0.3, 0.4) is 0 Å². The van der Waals surface area contributed by atoms with Crippen molar-refractivity contribution in [1.29, 1.82) is 0 Å². The van der Waals surface area contributed by atoms with Crippen LogP contribution in [-0.4, -0.2) is 40.9 Å². The van der Waals surface area contributed by atoms with Gasteiger partial charge in [0.1, 0.15) is 0 Å². The van der Waals surface area contributed by atoms with E-state index in [2.05, 4.69) is 52.4 Å². The first kappa shape index (κ1) is 14.6. The summed E-state index contributed by atoms with van der Waals surface area (Å²) in [5.74, 6) is 0.704. The number of nitrogens with zero attached hydrogens (tertiary/aromatic N) is 4. The molecule has 4 nitrogen and oxygen atoms in total. The number of hydrogen-bond donors (Lipinski definition) is 0. The van der Waals surface area contributed by atoms with Crippen LogP contribution in [0.25, 0.3) is 11.4 Å². The Morgan fingerprint density at radius 2 is 1.71 bits per heavy atom. The summed E-state index contributed by atoms with van der Waals surface area (Å²) in [6.45, 7) is 6.60. The van der Waals surface area contributed by atoms with E-state index >= 15 is 0 Å². The zero-order chi connectivity index (χ0) is 12.9. The smallest absolute Gasteiger partial charge is 0.156 e. The van der Waals surface area contributed by atoms with Crippen LogP contribution in [-0.2, 0) is 0 Å². The molecule has 2 rings (SSSR count). The third-order valence-corrected chi connectivity index (χ3v) is 1.94. The van der Waals surface area contributed by atoms with Crippen molar-refractivity contribution in [1.82, 2.24) is 19.2 Å². The van der Waals surface area contributed by atoms with Gasteiger partial charge in [0.05, 0.1) is 16.1 Å². The van der Waals surface area contributed by atoms with Crippen molar-refractivity contribution < 1.29 is 0 Å². The third kappa shape index (κ3) is 6.14. The quantitative estimate of drug-likeness (QED) is 0.761. The lowest BCUT2D eigenvalue weighted by molar-refractivity contribution is 0.767. The molecule has 0 aliphatic carbocycles. The van der Waals surface area contributed by atoms with Gasteiger partial charge in [-0.15, -0.1) is 5.10 Å². The van der Waals surface area contributed by atoms with E-state index in [1.807, 2.05) is 52.0 Å². The molecule has 0 fully saturated rings. The van der Waals surface area contributed by atoms with Gasteiger partial charge in [-0.05, 0) is 10.4 Å². The maximum absolute atomic E-state index is 3.84. The van der Waals surface area contributed by atoms with Crippen LogP contribution in [0.2, 0.25) is 3.54 Å². The van der Waals surface area contributed by atoms with E-state index in [1.165, 1.54) is 3.71 Å². The van der Waals surface area contributed by atoms with Crippen LogP contribution in [0.15, 0.2) is 30.3 Å². The molecule has 85 valence electrons.